The number of carbonyl (C=O) groups excluding carboxylic acids is 2. The summed E-state index contributed by atoms with van der Waals surface area (Å²) in [6, 6.07) is 20.5. The third-order valence-electron chi connectivity index (χ3n) is 11.5. The molecule has 2 aliphatic rings. The van der Waals surface area contributed by atoms with E-state index in [1.165, 1.54) is 90.5 Å². The Balaban J connectivity index is 1.35. The van der Waals surface area contributed by atoms with Crippen LogP contribution in [0.4, 0.5) is 5.69 Å². The van der Waals surface area contributed by atoms with Crippen LogP contribution in [0.3, 0.4) is 0 Å². The number of nitrogens with zero attached hydrogens (tertiary/aromatic N) is 1. The fourth-order valence-corrected chi connectivity index (χ4v) is 25.5. The van der Waals surface area contributed by atoms with E-state index in [1.54, 1.807) is 15.7 Å². The van der Waals surface area contributed by atoms with E-state index >= 15 is 0 Å². The molecule has 2 atom stereocenters. The van der Waals surface area contributed by atoms with Crippen LogP contribution >= 0.6 is 22.7 Å². The van der Waals surface area contributed by atoms with E-state index in [0.717, 1.165) is 22.4 Å². The van der Waals surface area contributed by atoms with Crippen molar-refractivity contribution in [1.29, 1.82) is 0 Å². The number of furan rings is 1. The van der Waals surface area contributed by atoms with Crippen LogP contribution in [0.2, 0.25) is 5.25 Å². The van der Waals surface area contributed by atoms with Gasteiger partial charge in [-0.25, -0.2) is 0 Å². The standard InChI is InChI=1S/C44H51GeNO3S2/c1-8-11-13-14-16-32-18-20-33(21-19-32)45(26-31(10-3)15-12-9-2)35-24-29(6)50-41(35)42-36(45)25-37(51-42)40-39-38(30(7)49-40)43(47)46(44(39)48)34-22-17-27(4)28(5)23-34/h17-25,31H,8-16,26H2,1-7H3. The number of aryl methyl sites for hydroxylation is 5. The molecule has 2 amide bonds. The van der Waals surface area contributed by atoms with E-state index in [1.807, 2.05) is 50.3 Å². The Morgan fingerprint density at radius 1 is 0.745 bits per heavy atom. The molecule has 2 aromatic carbocycles. The number of anilines is 1. The predicted molar refractivity (Wildman–Crippen MR) is 219 cm³/mol. The summed E-state index contributed by atoms with van der Waals surface area (Å²) in [4.78, 5) is 34.6. The van der Waals surface area contributed by atoms with Crippen molar-refractivity contribution in [1.82, 2.24) is 0 Å². The number of rotatable bonds is 14. The predicted octanol–water partition coefficient (Wildman–Crippen LogP) is 10.9. The quantitative estimate of drug-likeness (QED) is 0.0641. The van der Waals surface area contributed by atoms with E-state index < -0.39 is 13.3 Å². The SMILES string of the molecule is CCCCCCc1cc[c]([Ge]2([CH2]C(CC)CCCC)[c]3cc(C)sc3-c3sc(-c4oc(C)c5c4C(=O)N(c4ccc(C)c(C)c4)C5=O)c[c]32)cc1. The van der Waals surface area contributed by atoms with Crippen LogP contribution in [-0.2, 0) is 6.42 Å². The van der Waals surface area contributed by atoms with Crippen LogP contribution in [0.1, 0.15) is 120 Å². The Kier molecular flexibility index (Phi) is 10.4. The molecular formula is C44H51GeNO3S2. The average Bonchev–Trinajstić information content (AvgIpc) is 3.91. The second-order valence-corrected chi connectivity index (χ2v) is 25.4. The summed E-state index contributed by atoms with van der Waals surface area (Å²) in [6.45, 7) is 15.1. The Hall–Kier alpha value is -3.20. The number of thiophene rings is 2. The van der Waals surface area contributed by atoms with Crippen molar-refractivity contribution in [2.75, 3.05) is 4.90 Å². The molecule has 2 aliphatic heterocycles. The normalized spacial score (nSPS) is 17.0. The molecule has 51 heavy (non-hydrogen) atoms. The molecule has 3 aromatic heterocycles. The van der Waals surface area contributed by atoms with Gasteiger partial charge < -0.3 is 0 Å². The Bertz CT molecular complexity index is 2100. The van der Waals surface area contributed by atoms with Gasteiger partial charge in [0.05, 0.1) is 0 Å². The molecule has 0 spiro atoms. The van der Waals surface area contributed by atoms with Crippen molar-refractivity contribution in [3.8, 4) is 20.4 Å². The third-order valence-corrected chi connectivity index (χ3v) is 25.4. The molecule has 0 radical (unpaired) electrons. The Labute approximate surface area is 314 Å². The number of hydrogen-bond donors (Lipinski definition) is 0. The molecule has 0 bridgehead atoms. The Morgan fingerprint density at radius 2 is 1.45 bits per heavy atom. The van der Waals surface area contributed by atoms with Crippen molar-refractivity contribution in [3.05, 3.63) is 93.1 Å². The molecule has 0 saturated carbocycles. The number of fused-ring (bicyclic) bond motifs is 4. The van der Waals surface area contributed by atoms with Gasteiger partial charge in [0.1, 0.15) is 0 Å². The second-order valence-electron chi connectivity index (χ2n) is 14.9. The van der Waals surface area contributed by atoms with Gasteiger partial charge in [-0.15, -0.1) is 0 Å². The van der Waals surface area contributed by atoms with Crippen molar-refractivity contribution >= 4 is 66.6 Å². The number of benzene rings is 2. The molecule has 5 heterocycles. The first-order valence-electron chi connectivity index (χ1n) is 19.1. The topological polar surface area (TPSA) is 50.5 Å². The van der Waals surface area contributed by atoms with Crippen molar-refractivity contribution in [3.63, 3.8) is 0 Å². The van der Waals surface area contributed by atoms with E-state index in [9.17, 15) is 9.59 Å². The average molecular weight is 779 g/mol. The molecule has 266 valence electrons. The van der Waals surface area contributed by atoms with Gasteiger partial charge in [0.25, 0.3) is 0 Å². The van der Waals surface area contributed by atoms with Gasteiger partial charge in [-0.1, -0.05) is 0 Å². The number of amides is 2. The maximum atomic E-state index is 14.2. The van der Waals surface area contributed by atoms with Crippen LogP contribution in [0.5, 0.6) is 0 Å². The van der Waals surface area contributed by atoms with Gasteiger partial charge in [-0.2, -0.15) is 0 Å². The van der Waals surface area contributed by atoms with Gasteiger partial charge in [0.2, 0.25) is 0 Å². The van der Waals surface area contributed by atoms with Crippen LogP contribution < -0.4 is 18.1 Å². The number of hydrogen-bond acceptors (Lipinski definition) is 5. The minimum atomic E-state index is -3.21. The number of unbranched alkanes of at least 4 members (excludes halogenated alkanes) is 4. The zero-order valence-electron chi connectivity index (χ0n) is 31.3. The summed E-state index contributed by atoms with van der Waals surface area (Å²) in [5.74, 6) is 1.13. The maximum absolute atomic E-state index is 14.2. The second kappa shape index (κ2) is 14.7. The molecule has 0 N–H and O–H groups in total. The zero-order chi connectivity index (χ0) is 36.0. The minimum absolute atomic E-state index is 0.292. The van der Waals surface area contributed by atoms with Crippen molar-refractivity contribution in [2.45, 2.75) is 112 Å². The van der Waals surface area contributed by atoms with Gasteiger partial charge in [0, 0.05) is 0 Å². The first-order valence-corrected chi connectivity index (χ1v) is 25.3. The Morgan fingerprint density at radius 3 is 2.16 bits per heavy atom. The molecule has 4 nitrogen and oxygen atoms in total. The molecule has 2 unspecified atom stereocenters. The van der Waals surface area contributed by atoms with Gasteiger partial charge in [-0.05, 0) is 0 Å². The van der Waals surface area contributed by atoms with Crippen LogP contribution in [-0.4, -0.2) is 25.1 Å². The first-order chi connectivity index (χ1) is 24.6. The molecule has 7 rings (SSSR count). The summed E-state index contributed by atoms with van der Waals surface area (Å²) in [5, 5.41) is 1.23. The fraction of sp³-hybridized carbons (Fsp3) is 0.409. The van der Waals surface area contributed by atoms with Gasteiger partial charge in [-0.3, -0.25) is 0 Å². The summed E-state index contributed by atoms with van der Waals surface area (Å²) in [7, 11) is 0. The number of imide groups is 1. The summed E-state index contributed by atoms with van der Waals surface area (Å²) in [5.41, 5.74) is 5.05. The number of carbonyl (C=O) groups is 2. The molecular weight excluding hydrogens is 727 g/mol. The molecule has 7 heteroatoms. The van der Waals surface area contributed by atoms with Crippen molar-refractivity contribution < 1.29 is 14.0 Å². The van der Waals surface area contributed by atoms with Crippen molar-refractivity contribution in [2.24, 2.45) is 5.92 Å². The molecule has 0 fully saturated rings. The fourth-order valence-electron chi connectivity index (χ4n) is 8.47. The van der Waals surface area contributed by atoms with Crippen LogP contribution in [0.25, 0.3) is 20.4 Å². The molecule has 5 aromatic rings. The zero-order valence-corrected chi connectivity index (χ0v) is 35.1. The van der Waals surface area contributed by atoms with E-state index in [2.05, 4.69) is 64.1 Å². The summed E-state index contributed by atoms with van der Waals surface area (Å²) in [6.07, 6.45) is 11.2. The van der Waals surface area contributed by atoms with Gasteiger partial charge in [0.15, 0.2) is 0 Å². The monoisotopic (exact) mass is 779 g/mol. The first kappa shape index (κ1) is 36.2. The van der Waals surface area contributed by atoms with Gasteiger partial charge >= 0.3 is 316 Å². The van der Waals surface area contributed by atoms with Crippen LogP contribution in [0.15, 0.2) is 59.0 Å². The van der Waals surface area contributed by atoms with E-state index in [0.29, 0.717) is 34.3 Å². The molecule has 0 aliphatic carbocycles. The summed E-state index contributed by atoms with van der Waals surface area (Å²) >= 11 is 0.484. The third kappa shape index (κ3) is 6.23. The summed E-state index contributed by atoms with van der Waals surface area (Å²) < 4.78 is 11.1. The van der Waals surface area contributed by atoms with E-state index in [-0.39, 0.29) is 11.8 Å². The van der Waals surface area contributed by atoms with Crippen LogP contribution in [0, 0.1) is 33.6 Å². The molecule has 0 saturated heterocycles. The van der Waals surface area contributed by atoms with E-state index in [4.69, 9.17) is 4.42 Å².